The van der Waals surface area contributed by atoms with E-state index in [2.05, 4.69) is 17.2 Å². The summed E-state index contributed by atoms with van der Waals surface area (Å²) in [5, 5.41) is 12.1. The van der Waals surface area contributed by atoms with Crippen molar-refractivity contribution in [3.8, 4) is 17.6 Å². The Bertz CT molecular complexity index is 703. The van der Waals surface area contributed by atoms with Crippen LogP contribution < -0.4 is 11.1 Å². The maximum Gasteiger partial charge on any atom is 0.408 e. The molecule has 0 aromatic heterocycles. The number of hydrogen-bond donors (Lipinski definition) is 3. The van der Waals surface area contributed by atoms with Gasteiger partial charge in [-0.15, -0.1) is 0 Å². The normalized spacial score (nSPS) is 9.45. The van der Waals surface area contributed by atoms with Crippen molar-refractivity contribution in [3.63, 3.8) is 0 Å². The van der Waals surface area contributed by atoms with Crippen LogP contribution in [0.2, 0.25) is 0 Å². The number of nitrogens with two attached hydrogens (primary N) is 1. The monoisotopic (exact) mass is 296 g/mol. The van der Waals surface area contributed by atoms with E-state index in [-0.39, 0.29) is 18.9 Å². The molecule has 0 aliphatic heterocycles. The fraction of sp³-hybridized carbons (Fsp3) is 0.118. The van der Waals surface area contributed by atoms with Gasteiger partial charge in [-0.1, -0.05) is 42.2 Å². The van der Waals surface area contributed by atoms with Crippen molar-refractivity contribution in [2.75, 3.05) is 12.3 Å². The minimum absolute atomic E-state index is 0.0494. The molecule has 2 aromatic carbocycles. The van der Waals surface area contributed by atoms with Crippen molar-refractivity contribution in [2.24, 2.45) is 0 Å². The number of carbonyl (C=O) groups is 1. The van der Waals surface area contributed by atoms with Crippen molar-refractivity contribution < 1.29 is 14.6 Å². The van der Waals surface area contributed by atoms with Crippen LogP contribution in [0, 0.1) is 11.8 Å². The topological polar surface area (TPSA) is 84.6 Å². The molecule has 0 aliphatic carbocycles. The molecule has 0 radical (unpaired) electrons. The zero-order valence-electron chi connectivity index (χ0n) is 11.9. The average molecular weight is 296 g/mol. The number of anilines is 1. The minimum Gasteiger partial charge on any atom is -0.507 e. The number of amides is 1. The molecule has 2 aromatic rings. The molecule has 1 amide bonds. The van der Waals surface area contributed by atoms with Crippen LogP contribution in [0.5, 0.6) is 5.75 Å². The number of hydrogen-bond acceptors (Lipinski definition) is 4. The zero-order valence-corrected chi connectivity index (χ0v) is 11.9. The SMILES string of the molecule is Nc1ccc(O)c(C#CCNC(=O)OCc2ccccc2)c1. The Morgan fingerprint density at radius 2 is 2.00 bits per heavy atom. The fourth-order valence-electron chi connectivity index (χ4n) is 1.68. The number of ether oxygens (including phenoxy) is 1. The molecule has 0 heterocycles. The molecule has 2 rings (SSSR count). The van der Waals surface area contributed by atoms with Gasteiger partial charge < -0.3 is 20.9 Å². The average Bonchev–Trinajstić information content (AvgIpc) is 2.53. The van der Waals surface area contributed by atoms with Crippen LogP contribution in [-0.4, -0.2) is 17.7 Å². The van der Waals surface area contributed by atoms with E-state index in [0.29, 0.717) is 11.3 Å². The molecule has 0 aliphatic rings. The summed E-state index contributed by atoms with van der Waals surface area (Å²) in [6.07, 6.45) is -0.546. The summed E-state index contributed by atoms with van der Waals surface area (Å²) >= 11 is 0. The van der Waals surface area contributed by atoms with Gasteiger partial charge in [-0.25, -0.2) is 4.79 Å². The number of nitrogen functional groups attached to an aromatic ring is 1. The van der Waals surface area contributed by atoms with Crippen LogP contribution in [0.15, 0.2) is 48.5 Å². The Hall–Kier alpha value is -3.13. The van der Waals surface area contributed by atoms with E-state index in [4.69, 9.17) is 10.5 Å². The van der Waals surface area contributed by atoms with E-state index in [0.717, 1.165) is 5.56 Å². The summed E-state index contributed by atoms with van der Waals surface area (Å²) in [6, 6.07) is 14.0. The van der Waals surface area contributed by atoms with Gasteiger partial charge in [-0.3, -0.25) is 0 Å². The third-order valence-electron chi connectivity index (χ3n) is 2.78. The van der Waals surface area contributed by atoms with E-state index < -0.39 is 6.09 Å². The van der Waals surface area contributed by atoms with Gasteiger partial charge in [0.25, 0.3) is 0 Å². The first-order chi connectivity index (χ1) is 10.6. The van der Waals surface area contributed by atoms with E-state index >= 15 is 0 Å². The van der Waals surface area contributed by atoms with Gasteiger partial charge in [0.15, 0.2) is 0 Å². The third kappa shape index (κ3) is 4.76. The molecular weight excluding hydrogens is 280 g/mol. The second-order valence-corrected chi connectivity index (χ2v) is 4.49. The summed E-state index contributed by atoms with van der Waals surface area (Å²) in [5.41, 5.74) is 7.44. The first-order valence-corrected chi connectivity index (χ1v) is 6.67. The van der Waals surface area contributed by atoms with Crippen molar-refractivity contribution >= 4 is 11.8 Å². The van der Waals surface area contributed by atoms with Gasteiger partial charge >= 0.3 is 6.09 Å². The van der Waals surface area contributed by atoms with Gasteiger partial charge in [0, 0.05) is 5.69 Å². The second kappa shape index (κ2) is 7.60. The quantitative estimate of drug-likeness (QED) is 0.461. The second-order valence-electron chi connectivity index (χ2n) is 4.49. The molecule has 22 heavy (non-hydrogen) atoms. The fourth-order valence-corrected chi connectivity index (χ4v) is 1.68. The van der Waals surface area contributed by atoms with Crippen molar-refractivity contribution in [1.29, 1.82) is 0 Å². The van der Waals surface area contributed by atoms with E-state index in [1.54, 1.807) is 12.1 Å². The number of alkyl carbamates (subject to hydrolysis) is 1. The third-order valence-corrected chi connectivity index (χ3v) is 2.78. The van der Waals surface area contributed by atoms with Gasteiger partial charge in [-0.2, -0.15) is 0 Å². The first-order valence-electron chi connectivity index (χ1n) is 6.67. The number of carbonyl (C=O) groups excluding carboxylic acids is 1. The predicted octanol–water partition coefficient (Wildman–Crippen LogP) is 2.25. The lowest BCUT2D eigenvalue weighted by atomic mass is 10.2. The van der Waals surface area contributed by atoms with Gasteiger partial charge in [-0.05, 0) is 23.8 Å². The predicted molar refractivity (Wildman–Crippen MR) is 84.0 cm³/mol. The largest absolute Gasteiger partial charge is 0.507 e. The van der Waals surface area contributed by atoms with Crippen molar-refractivity contribution in [1.82, 2.24) is 5.32 Å². The Morgan fingerprint density at radius 3 is 2.77 bits per heavy atom. The summed E-state index contributed by atoms with van der Waals surface area (Å²) < 4.78 is 5.04. The lowest BCUT2D eigenvalue weighted by molar-refractivity contribution is 0.141. The minimum atomic E-state index is -0.546. The Morgan fingerprint density at radius 1 is 1.23 bits per heavy atom. The molecular formula is C17H16N2O3. The molecule has 5 nitrogen and oxygen atoms in total. The summed E-state index contributed by atoms with van der Waals surface area (Å²) in [6.45, 7) is 0.317. The maximum atomic E-state index is 11.5. The summed E-state index contributed by atoms with van der Waals surface area (Å²) in [5.74, 6) is 5.50. The number of phenols is 1. The summed E-state index contributed by atoms with van der Waals surface area (Å²) in [4.78, 5) is 11.5. The number of rotatable bonds is 3. The Kier molecular flexibility index (Phi) is 5.27. The molecule has 0 atom stereocenters. The van der Waals surface area contributed by atoms with Crippen LogP contribution in [0.25, 0.3) is 0 Å². The van der Waals surface area contributed by atoms with Gasteiger partial charge in [0.2, 0.25) is 0 Å². The lowest BCUT2D eigenvalue weighted by Gasteiger charge is -2.04. The molecule has 5 heteroatoms. The lowest BCUT2D eigenvalue weighted by Crippen LogP contribution is -2.24. The molecule has 0 saturated carbocycles. The highest BCUT2D eigenvalue weighted by molar-refractivity contribution is 5.67. The van der Waals surface area contributed by atoms with Crippen LogP contribution in [0.4, 0.5) is 10.5 Å². The van der Waals surface area contributed by atoms with Crippen LogP contribution >= 0.6 is 0 Å². The van der Waals surface area contributed by atoms with Crippen molar-refractivity contribution in [3.05, 3.63) is 59.7 Å². The number of aromatic hydroxyl groups is 1. The standard InChI is InChI=1S/C17H16N2O3/c18-15-8-9-16(20)14(11-15)7-4-10-19-17(21)22-12-13-5-2-1-3-6-13/h1-3,5-6,8-9,11,20H,10,12,18H2,(H,19,21). The van der Waals surface area contributed by atoms with E-state index in [1.165, 1.54) is 6.07 Å². The maximum absolute atomic E-state index is 11.5. The molecule has 0 bridgehead atoms. The number of benzene rings is 2. The molecule has 4 N–H and O–H groups in total. The summed E-state index contributed by atoms with van der Waals surface area (Å²) in [7, 11) is 0. The molecule has 0 fully saturated rings. The first kappa shape index (κ1) is 15.3. The smallest absolute Gasteiger partial charge is 0.408 e. The Balaban J connectivity index is 1.78. The number of nitrogens with one attached hydrogen (secondary N) is 1. The van der Waals surface area contributed by atoms with Crippen molar-refractivity contribution in [2.45, 2.75) is 6.61 Å². The van der Waals surface area contributed by atoms with Crippen LogP contribution in [0.3, 0.4) is 0 Å². The van der Waals surface area contributed by atoms with Gasteiger partial charge in [0.05, 0.1) is 12.1 Å². The van der Waals surface area contributed by atoms with E-state index in [9.17, 15) is 9.90 Å². The molecule has 0 saturated heterocycles. The van der Waals surface area contributed by atoms with Crippen LogP contribution in [0.1, 0.15) is 11.1 Å². The highest BCUT2D eigenvalue weighted by atomic mass is 16.5. The van der Waals surface area contributed by atoms with Crippen LogP contribution in [-0.2, 0) is 11.3 Å². The highest BCUT2D eigenvalue weighted by Crippen LogP contribution is 2.18. The molecule has 0 spiro atoms. The number of phenolic OH excluding ortho intramolecular Hbond substituents is 1. The zero-order chi connectivity index (χ0) is 15.8. The van der Waals surface area contributed by atoms with E-state index in [1.807, 2.05) is 30.3 Å². The van der Waals surface area contributed by atoms with Gasteiger partial charge in [0.1, 0.15) is 12.4 Å². The highest BCUT2D eigenvalue weighted by Gasteiger charge is 2.00. The molecule has 112 valence electrons. The Labute approximate surface area is 128 Å². The molecule has 0 unspecified atom stereocenters.